The van der Waals surface area contributed by atoms with E-state index in [1.165, 1.54) is 14.2 Å². The molecular formula is C41H55Cl2N5O7. The second-order valence-electron chi connectivity index (χ2n) is 14.0. The lowest BCUT2D eigenvalue weighted by Crippen LogP contribution is -2.59. The number of nitrogens with one attached hydrogen (secondary N) is 2. The molecule has 0 aliphatic carbocycles. The van der Waals surface area contributed by atoms with Crippen molar-refractivity contribution in [1.29, 1.82) is 0 Å². The molecule has 14 heteroatoms. The van der Waals surface area contributed by atoms with Crippen LogP contribution in [0.5, 0.6) is 11.5 Å². The molecule has 2 fully saturated rings. The predicted octanol–water partition coefficient (Wildman–Crippen LogP) is 6.18. The zero-order valence-corrected chi connectivity index (χ0v) is 34.2. The van der Waals surface area contributed by atoms with Gasteiger partial charge in [0, 0.05) is 69.1 Å². The Balaban J connectivity index is 0.000000258. The number of anilines is 1. The molecule has 4 atom stereocenters. The van der Waals surface area contributed by atoms with Crippen molar-refractivity contribution in [2.45, 2.75) is 64.7 Å². The average molecular weight is 801 g/mol. The van der Waals surface area contributed by atoms with E-state index in [-0.39, 0.29) is 42.9 Å². The van der Waals surface area contributed by atoms with Crippen molar-refractivity contribution in [3.05, 3.63) is 87.9 Å². The maximum absolute atomic E-state index is 12.7. The van der Waals surface area contributed by atoms with Gasteiger partial charge in [0.15, 0.2) is 0 Å². The van der Waals surface area contributed by atoms with E-state index in [1.54, 1.807) is 24.3 Å². The number of piperazine rings is 2. The molecule has 2 heterocycles. The van der Waals surface area contributed by atoms with Crippen LogP contribution in [0, 0.1) is 0 Å². The maximum atomic E-state index is 12.7. The molecule has 3 aromatic carbocycles. The molecule has 3 aromatic rings. The standard InChI is InChI=1S/C24H30ClN3O4.C17H25ClN2O3/c1-17-15-27(24(30)26-20-7-5-4-6-8-20)16-18(2)28(17)11-12-32-22-13-19(9-10-21(22)25)14-23(29)31-3;1-12-10-19-11-13(2)20(12)6-7-23-16-8-14(4-5-15(16)18)9-17(21)22-3/h4-10,13,17-18H,11-12,14-16H2,1-3H3,(H,26,30);4-5,8,12-13,19H,6-7,9-11H2,1-3H3/t17-,18+;12-,13+. The molecule has 0 saturated carbocycles. The van der Waals surface area contributed by atoms with Crippen LogP contribution in [0.25, 0.3) is 0 Å². The summed E-state index contributed by atoms with van der Waals surface area (Å²) in [7, 11) is 2.74. The van der Waals surface area contributed by atoms with E-state index in [4.69, 9.17) is 37.4 Å². The zero-order chi connectivity index (χ0) is 39.9. The molecule has 2 saturated heterocycles. The third kappa shape index (κ3) is 13.6. The Hall–Kier alpha value is -4.07. The van der Waals surface area contributed by atoms with E-state index in [0.29, 0.717) is 66.5 Å². The van der Waals surface area contributed by atoms with Gasteiger partial charge in [-0.2, -0.15) is 0 Å². The highest BCUT2D eigenvalue weighted by Gasteiger charge is 2.32. The Morgan fingerprint density at radius 2 is 1.15 bits per heavy atom. The number of hydrogen-bond acceptors (Lipinski definition) is 10. The van der Waals surface area contributed by atoms with Crippen molar-refractivity contribution in [1.82, 2.24) is 20.0 Å². The lowest BCUT2D eigenvalue weighted by atomic mass is 10.1. The average Bonchev–Trinajstić information content (AvgIpc) is 3.16. The van der Waals surface area contributed by atoms with E-state index in [9.17, 15) is 14.4 Å². The van der Waals surface area contributed by atoms with Crippen LogP contribution in [-0.2, 0) is 31.9 Å². The van der Waals surface area contributed by atoms with E-state index in [2.05, 4.69) is 52.9 Å². The Morgan fingerprint density at radius 3 is 1.60 bits per heavy atom. The number of methoxy groups -OCH3 is 2. The first-order valence-corrected chi connectivity index (χ1v) is 19.4. The minimum absolute atomic E-state index is 0.0833. The monoisotopic (exact) mass is 799 g/mol. The summed E-state index contributed by atoms with van der Waals surface area (Å²) in [5.41, 5.74) is 2.41. The van der Waals surface area contributed by atoms with Crippen molar-refractivity contribution >= 4 is 46.9 Å². The van der Waals surface area contributed by atoms with Crippen LogP contribution in [0.4, 0.5) is 10.5 Å². The third-order valence-electron chi connectivity index (χ3n) is 9.78. The molecule has 0 aromatic heterocycles. The van der Waals surface area contributed by atoms with Gasteiger partial charge in [-0.25, -0.2) is 4.79 Å². The van der Waals surface area contributed by atoms with Gasteiger partial charge in [0.2, 0.25) is 0 Å². The minimum Gasteiger partial charge on any atom is -0.491 e. The molecule has 0 spiro atoms. The normalized spacial score (nSPS) is 20.1. The summed E-state index contributed by atoms with van der Waals surface area (Å²) >= 11 is 12.4. The first-order valence-electron chi connectivity index (χ1n) is 18.7. The van der Waals surface area contributed by atoms with Gasteiger partial charge < -0.3 is 34.5 Å². The van der Waals surface area contributed by atoms with Crippen LogP contribution in [0.3, 0.4) is 0 Å². The van der Waals surface area contributed by atoms with Crippen LogP contribution in [0.2, 0.25) is 10.0 Å². The highest BCUT2D eigenvalue weighted by atomic mass is 35.5. The number of para-hydroxylation sites is 1. The molecule has 2 amide bonds. The molecular weight excluding hydrogens is 745 g/mol. The fourth-order valence-electron chi connectivity index (χ4n) is 6.83. The van der Waals surface area contributed by atoms with E-state index >= 15 is 0 Å². The van der Waals surface area contributed by atoms with Gasteiger partial charge in [-0.05, 0) is 75.2 Å². The van der Waals surface area contributed by atoms with Crippen molar-refractivity contribution in [2.24, 2.45) is 0 Å². The van der Waals surface area contributed by atoms with E-state index in [0.717, 1.165) is 36.4 Å². The molecule has 0 bridgehead atoms. The second kappa shape index (κ2) is 21.9. The largest absolute Gasteiger partial charge is 0.491 e. The number of esters is 2. The maximum Gasteiger partial charge on any atom is 0.321 e. The van der Waals surface area contributed by atoms with E-state index < -0.39 is 0 Å². The summed E-state index contributed by atoms with van der Waals surface area (Å²) in [5.74, 6) is 0.578. The van der Waals surface area contributed by atoms with Crippen LogP contribution in [0.15, 0.2) is 66.7 Å². The highest BCUT2D eigenvalue weighted by Crippen LogP contribution is 2.27. The molecule has 300 valence electrons. The number of amides is 2. The number of hydrogen-bond donors (Lipinski definition) is 2. The molecule has 2 aliphatic heterocycles. The van der Waals surface area contributed by atoms with Gasteiger partial charge in [0.25, 0.3) is 0 Å². The van der Waals surface area contributed by atoms with Crippen molar-refractivity contribution in [3.63, 3.8) is 0 Å². The molecule has 2 N–H and O–H groups in total. The first-order chi connectivity index (χ1) is 26.4. The smallest absolute Gasteiger partial charge is 0.321 e. The summed E-state index contributed by atoms with van der Waals surface area (Å²) in [6.07, 6.45) is 0.390. The quantitative estimate of drug-likeness (QED) is 0.194. The number of urea groups is 1. The number of ether oxygens (including phenoxy) is 4. The van der Waals surface area contributed by atoms with Gasteiger partial charge in [-0.1, -0.05) is 53.5 Å². The summed E-state index contributed by atoms with van der Waals surface area (Å²) in [6.45, 7) is 14.5. The molecule has 55 heavy (non-hydrogen) atoms. The Bertz CT molecular complexity index is 1680. The highest BCUT2D eigenvalue weighted by molar-refractivity contribution is 6.32. The van der Waals surface area contributed by atoms with Crippen LogP contribution < -0.4 is 20.1 Å². The molecule has 5 rings (SSSR count). The van der Waals surface area contributed by atoms with Gasteiger partial charge in [0.1, 0.15) is 24.7 Å². The number of rotatable bonds is 13. The van der Waals surface area contributed by atoms with Crippen molar-refractivity contribution < 1.29 is 33.3 Å². The molecule has 12 nitrogen and oxygen atoms in total. The molecule has 0 unspecified atom stereocenters. The summed E-state index contributed by atoms with van der Waals surface area (Å²) in [6, 6.07) is 21.4. The van der Waals surface area contributed by atoms with Gasteiger partial charge in [-0.3, -0.25) is 19.4 Å². The first kappa shape index (κ1) is 43.7. The number of carbonyl (C=O) groups excluding carboxylic acids is 3. The SMILES string of the molecule is COC(=O)Cc1ccc(Cl)c(OCCN2[C@H](C)CN(C(=O)Nc3ccccc3)C[C@@H]2C)c1.COC(=O)Cc1ccc(Cl)c(OCCN2[C@H](C)CNC[C@@H]2C)c1. The Kier molecular flexibility index (Phi) is 17.4. The third-order valence-corrected chi connectivity index (χ3v) is 10.4. The molecule has 0 radical (unpaired) electrons. The van der Waals surface area contributed by atoms with Crippen LogP contribution >= 0.6 is 23.2 Å². The summed E-state index contributed by atoms with van der Waals surface area (Å²) < 4.78 is 21.2. The second-order valence-corrected chi connectivity index (χ2v) is 14.8. The number of halogens is 2. The lowest BCUT2D eigenvalue weighted by Gasteiger charge is -2.44. The van der Waals surface area contributed by atoms with Crippen LogP contribution in [-0.4, -0.2) is 124 Å². The summed E-state index contributed by atoms with van der Waals surface area (Å²) in [4.78, 5) is 42.1. The summed E-state index contributed by atoms with van der Waals surface area (Å²) in [5, 5.41) is 7.43. The zero-order valence-electron chi connectivity index (χ0n) is 32.7. The van der Waals surface area contributed by atoms with E-state index in [1.807, 2.05) is 47.4 Å². The van der Waals surface area contributed by atoms with Crippen LogP contribution in [0.1, 0.15) is 38.8 Å². The topological polar surface area (TPSA) is 122 Å². The number of benzene rings is 3. The van der Waals surface area contributed by atoms with Gasteiger partial charge >= 0.3 is 18.0 Å². The molecule has 2 aliphatic rings. The number of nitrogens with zero attached hydrogens (tertiary/aromatic N) is 3. The van der Waals surface area contributed by atoms with Crippen molar-refractivity contribution in [2.75, 3.05) is 72.0 Å². The predicted molar refractivity (Wildman–Crippen MR) is 216 cm³/mol. The number of carbonyl (C=O) groups is 3. The van der Waals surface area contributed by atoms with Crippen molar-refractivity contribution in [3.8, 4) is 11.5 Å². The Morgan fingerprint density at radius 1 is 0.691 bits per heavy atom. The fourth-order valence-corrected chi connectivity index (χ4v) is 7.18. The Labute approximate surface area is 335 Å². The fraction of sp³-hybridized carbons (Fsp3) is 0.488. The lowest BCUT2D eigenvalue weighted by molar-refractivity contribution is -0.140. The van der Waals surface area contributed by atoms with Gasteiger partial charge in [0.05, 0.1) is 37.1 Å². The van der Waals surface area contributed by atoms with Gasteiger partial charge in [-0.15, -0.1) is 0 Å². The minimum atomic E-state index is -0.310.